The summed E-state index contributed by atoms with van der Waals surface area (Å²) >= 11 is 1.39. The first-order valence-electron chi connectivity index (χ1n) is 7.05. The van der Waals surface area contributed by atoms with E-state index < -0.39 is 21.9 Å². The number of fused-ring (bicyclic) bond motifs is 1. The average Bonchev–Trinajstić information content (AvgIpc) is 2.95. The highest BCUT2D eigenvalue weighted by Crippen LogP contribution is 2.28. The molecule has 2 atom stereocenters. The second-order valence-electron chi connectivity index (χ2n) is 5.48. The van der Waals surface area contributed by atoms with Crippen molar-refractivity contribution < 1.29 is 18.3 Å². The Balaban J connectivity index is 1.84. The lowest BCUT2D eigenvalue weighted by molar-refractivity contribution is -0.143. The molecule has 1 aromatic heterocycles. The lowest BCUT2D eigenvalue weighted by Crippen LogP contribution is -2.39. The third-order valence-corrected chi connectivity index (χ3v) is 6.30. The Morgan fingerprint density at radius 2 is 2.18 bits per heavy atom. The Labute approximate surface area is 132 Å². The van der Waals surface area contributed by atoms with Crippen LogP contribution in [-0.4, -0.2) is 30.5 Å². The van der Waals surface area contributed by atoms with Crippen molar-refractivity contribution in [2.75, 3.05) is 0 Å². The van der Waals surface area contributed by atoms with Crippen LogP contribution in [0.4, 0.5) is 0 Å². The van der Waals surface area contributed by atoms with Gasteiger partial charge in [-0.05, 0) is 31.4 Å². The van der Waals surface area contributed by atoms with Crippen molar-refractivity contribution in [3.8, 4) is 0 Å². The Bertz CT molecular complexity index is 800. The summed E-state index contributed by atoms with van der Waals surface area (Å²) in [4.78, 5) is 15.4. The molecule has 1 aliphatic rings. The van der Waals surface area contributed by atoms with Crippen LogP contribution in [0.3, 0.4) is 0 Å². The van der Waals surface area contributed by atoms with Crippen LogP contribution >= 0.6 is 11.3 Å². The van der Waals surface area contributed by atoms with Crippen molar-refractivity contribution in [1.82, 2.24) is 9.71 Å². The largest absolute Gasteiger partial charge is 0.481 e. The third kappa shape index (κ3) is 2.99. The molecular weight excluding hydrogens is 324 g/mol. The van der Waals surface area contributed by atoms with Crippen molar-refractivity contribution in [3.05, 3.63) is 23.7 Å². The van der Waals surface area contributed by atoms with E-state index in [1.54, 1.807) is 11.6 Å². The number of aliphatic carboxylic acids is 1. The van der Waals surface area contributed by atoms with Crippen molar-refractivity contribution >= 4 is 37.5 Å². The first-order valence-corrected chi connectivity index (χ1v) is 9.41. The van der Waals surface area contributed by atoms with Crippen LogP contribution in [0.1, 0.15) is 25.7 Å². The number of benzene rings is 1. The second-order valence-corrected chi connectivity index (χ2v) is 8.04. The van der Waals surface area contributed by atoms with Gasteiger partial charge in [-0.25, -0.2) is 18.1 Å². The number of carboxylic acid groups (broad SMARTS) is 1. The summed E-state index contributed by atoms with van der Waals surface area (Å²) < 4.78 is 28.7. The van der Waals surface area contributed by atoms with Crippen molar-refractivity contribution in [1.29, 1.82) is 0 Å². The molecular formula is C14H16N2O4S2. The fourth-order valence-electron chi connectivity index (χ4n) is 2.88. The van der Waals surface area contributed by atoms with Crippen LogP contribution in [0.2, 0.25) is 0 Å². The molecule has 0 spiro atoms. The number of hydrogen-bond donors (Lipinski definition) is 2. The van der Waals surface area contributed by atoms with Gasteiger partial charge in [0.1, 0.15) is 10.4 Å². The molecule has 1 saturated carbocycles. The van der Waals surface area contributed by atoms with E-state index in [1.165, 1.54) is 17.4 Å². The molecule has 1 aromatic carbocycles. The van der Waals surface area contributed by atoms with Crippen LogP contribution in [0, 0.1) is 5.92 Å². The highest BCUT2D eigenvalue weighted by Gasteiger charge is 2.30. The van der Waals surface area contributed by atoms with Gasteiger partial charge in [0, 0.05) is 6.04 Å². The monoisotopic (exact) mass is 340 g/mol. The maximum absolute atomic E-state index is 12.6. The topological polar surface area (TPSA) is 96.4 Å². The Hall–Kier alpha value is -1.51. The zero-order valence-corrected chi connectivity index (χ0v) is 13.4. The third-order valence-electron chi connectivity index (χ3n) is 3.96. The van der Waals surface area contributed by atoms with E-state index in [2.05, 4.69) is 9.71 Å². The molecule has 1 fully saturated rings. The molecule has 0 saturated heterocycles. The molecule has 2 N–H and O–H groups in total. The minimum Gasteiger partial charge on any atom is -0.481 e. The first kappa shape index (κ1) is 15.4. The molecule has 2 aromatic rings. The molecule has 3 rings (SSSR count). The second kappa shape index (κ2) is 5.94. The molecule has 0 unspecified atom stereocenters. The summed E-state index contributed by atoms with van der Waals surface area (Å²) in [5.41, 5.74) is 2.08. The van der Waals surface area contributed by atoms with Gasteiger partial charge in [0.15, 0.2) is 0 Å². The van der Waals surface area contributed by atoms with Crippen LogP contribution < -0.4 is 4.72 Å². The number of hydrogen-bond acceptors (Lipinski definition) is 5. The van der Waals surface area contributed by atoms with Crippen LogP contribution in [0.5, 0.6) is 0 Å². The van der Waals surface area contributed by atoms with E-state index >= 15 is 0 Å². The number of aromatic nitrogens is 1. The van der Waals surface area contributed by atoms with Crippen molar-refractivity contribution in [3.63, 3.8) is 0 Å². The van der Waals surface area contributed by atoms with Gasteiger partial charge in [-0.15, -0.1) is 11.3 Å². The van der Waals surface area contributed by atoms with Crippen LogP contribution in [0.25, 0.3) is 10.2 Å². The lowest BCUT2D eigenvalue weighted by atomic mass is 9.86. The number of nitrogens with zero attached hydrogens (tertiary/aromatic N) is 1. The zero-order valence-electron chi connectivity index (χ0n) is 11.7. The number of sulfonamides is 1. The molecule has 1 heterocycles. The van der Waals surface area contributed by atoms with Gasteiger partial charge in [0.25, 0.3) is 0 Å². The van der Waals surface area contributed by atoms with Crippen LogP contribution in [0.15, 0.2) is 28.6 Å². The SMILES string of the molecule is O=C(O)[C@@H]1CCC[C@H](NS(=O)(=O)c2cccc3scnc23)C1. The Morgan fingerprint density at radius 3 is 2.95 bits per heavy atom. The predicted octanol–water partition coefficient (Wildman–Crippen LogP) is 2.22. The quantitative estimate of drug-likeness (QED) is 0.889. The van der Waals surface area contributed by atoms with Gasteiger partial charge in [0.05, 0.1) is 16.1 Å². The van der Waals surface area contributed by atoms with E-state index in [1.807, 2.05) is 6.07 Å². The summed E-state index contributed by atoms with van der Waals surface area (Å²) in [5.74, 6) is -1.33. The standard InChI is InChI=1S/C14H16N2O4S2/c17-14(18)9-3-1-4-10(7-9)16-22(19,20)12-6-2-5-11-13(12)15-8-21-11/h2,5-6,8-10,16H,1,3-4,7H2,(H,17,18)/t9-,10+/m1/s1. The highest BCUT2D eigenvalue weighted by molar-refractivity contribution is 7.89. The number of thiazole rings is 1. The summed E-state index contributed by atoms with van der Waals surface area (Å²) in [6.45, 7) is 0. The van der Waals surface area contributed by atoms with Gasteiger partial charge in [-0.2, -0.15) is 0 Å². The maximum atomic E-state index is 12.6. The molecule has 0 bridgehead atoms. The molecule has 1 aliphatic carbocycles. The Kier molecular flexibility index (Phi) is 4.16. The summed E-state index contributed by atoms with van der Waals surface area (Å²) in [6.07, 6.45) is 2.32. The summed E-state index contributed by atoms with van der Waals surface area (Å²) in [6, 6.07) is 4.71. The van der Waals surface area contributed by atoms with E-state index in [0.29, 0.717) is 31.2 Å². The normalized spacial score (nSPS) is 22.7. The predicted molar refractivity (Wildman–Crippen MR) is 83.3 cm³/mol. The molecule has 22 heavy (non-hydrogen) atoms. The number of nitrogens with one attached hydrogen (secondary N) is 1. The summed E-state index contributed by atoms with van der Waals surface area (Å²) in [5, 5.41) is 9.10. The number of carboxylic acids is 1. The average molecular weight is 340 g/mol. The maximum Gasteiger partial charge on any atom is 0.306 e. The molecule has 0 aliphatic heterocycles. The van der Waals surface area contributed by atoms with Gasteiger partial charge in [-0.1, -0.05) is 12.5 Å². The number of carbonyl (C=O) groups is 1. The zero-order chi connectivity index (χ0) is 15.7. The molecule has 0 radical (unpaired) electrons. The van der Waals surface area contributed by atoms with Gasteiger partial charge in [-0.3, -0.25) is 4.79 Å². The van der Waals surface area contributed by atoms with E-state index in [4.69, 9.17) is 5.11 Å². The van der Waals surface area contributed by atoms with Crippen molar-refractivity contribution in [2.24, 2.45) is 5.92 Å². The minimum absolute atomic E-state index is 0.156. The van der Waals surface area contributed by atoms with Gasteiger partial charge >= 0.3 is 5.97 Å². The minimum atomic E-state index is -3.70. The van der Waals surface area contributed by atoms with Crippen molar-refractivity contribution in [2.45, 2.75) is 36.6 Å². The first-order chi connectivity index (χ1) is 10.5. The fraction of sp³-hybridized carbons (Fsp3) is 0.429. The smallest absolute Gasteiger partial charge is 0.306 e. The lowest BCUT2D eigenvalue weighted by Gasteiger charge is -2.27. The van der Waals surface area contributed by atoms with E-state index in [-0.39, 0.29) is 10.9 Å². The molecule has 0 amide bonds. The highest BCUT2D eigenvalue weighted by atomic mass is 32.2. The molecule has 118 valence electrons. The van der Waals surface area contributed by atoms with Gasteiger partial charge in [0.2, 0.25) is 10.0 Å². The molecule has 6 nitrogen and oxygen atoms in total. The Morgan fingerprint density at radius 1 is 1.36 bits per heavy atom. The number of para-hydroxylation sites is 1. The number of rotatable bonds is 4. The van der Waals surface area contributed by atoms with E-state index in [9.17, 15) is 13.2 Å². The summed E-state index contributed by atoms with van der Waals surface area (Å²) in [7, 11) is -3.70. The fourth-order valence-corrected chi connectivity index (χ4v) is 5.10. The van der Waals surface area contributed by atoms with E-state index in [0.717, 1.165) is 4.70 Å². The molecule has 8 heteroatoms. The van der Waals surface area contributed by atoms with Gasteiger partial charge < -0.3 is 5.11 Å². The van der Waals surface area contributed by atoms with Crippen LogP contribution in [-0.2, 0) is 14.8 Å².